The van der Waals surface area contributed by atoms with Crippen molar-refractivity contribution in [2.24, 2.45) is 0 Å². The van der Waals surface area contributed by atoms with Crippen LogP contribution in [-0.4, -0.2) is 30.2 Å². The lowest BCUT2D eigenvalue weighted by Gasteiger charge is -2.36. The first-order valence-electron chi connectivity index (χ1n) is 10.9. The molecule has 0 spiro atoms. The Morgan fingerprint density at radius 1 is 0.909 bits per heavy atom. The van der Waals surface area contributed by atoms with Crippen LogP contribution in [0.4, 0.5) is 0 Å². The SMILES string of the molecule is Cc1ccc(S(=O)(=O)N[C@@H]2CCC[C@H](n3c4ccc(Br)cc4c4cc(Br)ccc43)[C@H]2O)cc1. The molecule has 1 fully saturated rings. The van der Waals surface area contributed by atoms with Crippen LogP contribution < -0.4 is 4.72 Å². The third-order valence-corrected chi connectivity index (χ3v) is 9.01. The van der Waals surface area contributed by atoms with E-state index in [0.717, 1.165) is 49.2 Å². The van der Waals surface area contributed by atoms with Gasteiger partial charge in [0.2, 0.25) is 10.0 Å². The predicted octanol–water partition coefficient (Wildman–Crippen LogP) is 6.06. The first-order chi connectivity index (χ1) is 15.7. The Hall–Kier alpha value is -1.71. The van der Waals surface area contributed by atoms with E-state index in [-0.39, 0.29) is 10.9 Å². The third kappa shape index (κ3) is 4.28. The van der Waals surface area contributed by atoms with E-state index in [1.807, 2.05) is 19.1 Å². The molecule has 0 saturated heterocycles. The number of nitrogens with zero attached hydrogens (tertiary/aromatic N) is 1. The highest BCUT2D eigenvalue weighted by atomic mass is 79.9. The Kier molecular flexibility index (Phi) is 6.16. The largest absolute Gasteiger partial charge is 0.389 e. The average molecular weight is 592 g/mol. The summed E-state index contributed by atoms with van der Waals surface area (Å²) in [4.78, 5) is 0.217. The molecule has 1 aliphatic carbocycles. The van der Waals surface area contributed by atoms with Crippen LogP contribution in [0.15, 0.2) is 74.5 Å². The molecule has 3 atom stereocenters. The van der Waals surface area contributed by atoms with Gasteiger partial charge in [-0.25, -0.2) is 13.1 Å². The van der Waals surface area contributed by atoms with Gasteiger partial charge in [0, 0.05) is 30.8 Å². The predicted molar refractivity (Wildman–Crippen MR) is 139 cm³/mol. The number of aliphatic hydroxyl groups excluding tert-OH is 1. The van der Waals surface area contributed by atoms with Gasteiger partial charge in [-0.2, -0.15) is 0 Å². The van der Waals surface area contributed by atoms with Crippen molar-refractivity contribution < 1.29 is 13.5 Å². The Morgan fingerprint density at radius 2 is 1.48 bits per heavy atom. The second-order valence-corrected chi connectivity index (χ2v) is 12.3. The first-order valence-corrected chi connectivity index (χ1v) is 14.0. The normalized spacial score (nSPS) is 21.6. The van der Waals surface area contributed by atoms with Crippen molar-refractivity contribution in [2.75, 3.05) is 0 Å². The lowest BCUT2D eigenvalue weighted by atomic mass is 9.88. The van der Waals surface area contributed by atoms with Crippen molar-refractivity contribution in [3.05, 3.63) is 75.2 Å². The van der Waals surface area contributed by atoms with Gasteiger partial charge in [-0.3, -0.25) is 0 Å². The molecular weight excluding hydrogens is 568 g/mol. The number of benzene rings is 3. The number of nitrogens with one attached hydrogen (secondary N) is 1. The number of fused-ring (bicyclic) bond motifs is 3. The molecule has 0 radical (unpaired) electrons. The first kappa shape index (κ1) is 23.1. The van der Waals surface area contributed by atoms with Crippen molar-refractivity contribution >= 4 is 63.7 Å². The van der Waals surface area contributed by atoms with Gasteiger partial charge in [0.1, 0.15) is 0 Å². The molecule has 1 aromatic heterocycles. The average Bonchev–Trinajstić information content (AvgIpc) is 3.08. The summed E-state index contributed by atoms with van der Waals surface area (Å²) in [6.07, 6.45) is 1.33. The van der Waals surface area contributed by atoms with E-state index in [0.29, 0.717) is 6.42 Å². The van der Waals surface area contributed by atoms with E-state index in [4.69, 9.17) is 0 Å². The monoisotopic (exact) mass is 590 g/mol. The van der Waals surface area contributed by atoms with Crippen molar-refractivity contribution in [2.45, 2.75) is 49.3 Å². The lowest BCUT2D eigenvalue weighted by molar-refractivity contribution is 0.0547. The minimum atomic E-state index is -3.73. The zero-order valence-electron chi connectivity index (χ0n) is 18.0. The summed E-state index contributed by atoms with van der Waals surface area (Å²) in [6, 6.07) is 18.3. The quantitative estimate of drug-likeness (QED) is 0.303. The van der Waals surface area contributed by atoms with Crippen LogP contribution in [-0.2, 0) is 10.0 Å². The number of rotatable bonds is 4. The fourth-order valence-corrected chi connectivity index (χ4v) is 6.92. The van der Waals surface area contributed by atoms with Gasteiger partial charge >= 0.3 is 0 Å². The van der Waals surface area contributed by atoms with E-state index >= 15 is 0 Å². The molecule has 1 heterocycles. The number of aryl methyl sites for hydroxylation is 1. The highest BCUT2D eigenvalue weighted by Gasteiger charge is 2.37. The molecule has 172 valence electrons. The Bertz CT molecular complexity index is 1390. The summed E-state index contributed by atoms with van der Waals surface area (Å²) >= 11 is 7.15. The molecule has 0 bridgehead atoms. The van der Waals surface area contributed by atoms with Crippen LogP contribution in [0, 0.1) is 6.92 Å². The molecule has 5 nitrogen and oxygen atoms in total. The van der Waals surface area contributed by atoms with Crippen LogP contribution in [0.2, 0.25) is 0 Å². The van der Waals surface area contributed by atoms with Gasteiger partial charge in [0.15, 0.2) is 0 Å². The Labute approximate surface area is 210 Å². The van der Waals surface area contributed by atoms with Crippen LogP contribution in [0.5, 0.6) is 0 Å². The Morgan fingerprint density at radius 3 is 2.06 bits per heavy atom. The van der Waals surface area contributed by atoms with Crippen LogP contribution in [0.3, 0.4) is 0 Å². The molecule has 0 aliphatic heterocycles. The van der Waals surface area contributed by atoms with Crippen LogP contribution in [0.25, 0.3) is 21.8 Å². The third-order valence-electron chi connectivity index (χ3n) is 6.52. The van der Waals surface area contributed by atoms with Gasteiger partial charge < -0.3 is 9.67 Å². The molecule has 4 aromatic rings. The molecule has 8 heteroatoms. The van der Waals surface area contributed by atoms with Crippen molar-refractivity contribution in [1.82, 2.24) is 9.29 Å². The zero-order chi connectivity index (χ0) is 23.3. The minimum Gasteiger partial charge on any atom is -0.389 e. The molecule has 0 amide bonds. The maximum Gasteiger partial charge on any atom is 0.240 e. The van der Waals surface area contributed by atoms with E-state index in [9.17, 15) is 13.5 Å². The number of hydrogen-bond acceptors (Lipinski definition) is 3. The maximum atomic E-state index is 13.0. The minimum absolute atomic E-state index is 0.217. The second kappa shape index (κ2) is 8.82. The number of halogens is 2. The molecule has 2 N–H and O–H groups in total. The summed E-state index contributed by atoms with van der Waals surface area (Å²) < 4.78 is 33.0. The standard InChI is InChI=1S/C25H24Br2N2O3S/c1-15-5-9-18(10-6-15)33(31,32)28-21-3-2-4-24(25(21)30)29-22-11-7-16(26)13-19(22)20-14-17(27)8-12-23(20)29/h5-14,21,24-25,28,30H,2-4H2,1H3/t21-,24+,25+/m1/s1. The van der Waals surface area contributed by atoms with Crippen LogP contribution in [0.1, 0.15) is 30.9 Å². The van der Waals surface area contributed by atoms with E-state index in [2.05, 4.69) is 65.4 Å². The highest BCUT2D eigenvalue weighted by molar-refractivity contribution is 9.10. The van der Waals surface area contributed by atoms with E-state index in [1.54, 1.807) is 24.3 Å². The van der Waals surface area contributed by atoms with Gasteiger partial charge in [0.05, 0.1) is 23.1 Å². The van der Waals surface area contributed by atoms with Gasteiger partial charge in [-0.1, -0.05) is 49.6 Å². The van der Waals surface area contributed by atoms with Crippen molar-refractivity contribution in [3.63, 3.8) is 0 Å². The molecule has 1 aliphatic rings. The maximum absolute atomic E-state index is 13.0. The molecule has 33 heavy (non-hydrogen) atoms. The number of aliphatic hydroxyl groups is 1. The summed E-state index contributed by atoms with van der Waals surface area (Å²) in [6.45, 7) is 1.92. The molecule has 3 aromatic carbocycles. The summed E-state index contributed by atoms with van der Waals surface area (Å²) in [5.74, 6) is 0. The van der Waals surface area contributed by atoms with Crippen LogP contribution >= 0.6 is 31.9 Å². The molecular formula is C25H24Br2N2O3S. The number of hydrogen-bond donors (Lipinski definition) is 2. The topological polar surface area (TPSA) is 71.3 Å². The summed E-state index contributed by atoms with van der Waals surface area (Å²) in [5, 5.41) is 13.6. The van der Waals surface area contributed by atoms with E-state index in [1.165, 1.54) is 0 Å². The summed E-state index contributed by atoms with van der Waals surface area (Å²) in [5.41, 5.74) is 3.05. The smallest absolute Gasteiger partial charge is 0.240 e. The van der Waals surface area contributed by atoms with E-state index < -0.39 is 22.2 Å². The highest BCUT2D eigenvalue weighted by Crippen LogP contribution is 2.39. The number of sulfonamides is 1. The zero-order valence-corrected chi connectivity index (χ0v) is 22.0. The lowest BCUT2D eigenvalue weighted by Crippen LogP contribution is -2.49. The fraction of sp³-hybridized carbons (Fsp3) is 0.280. The van der Waals surface area contributed by atoms with Crippen molar-refractivity contribution in [3.8, 4) is 0 Å². The van der Waals surface area contributed by atoms with Gasteiger partial charge in [0.25, 0.3) is 0 Å². The molecule has 0 unspecified atom stereocenters. The molecule has 5 rings (SSSR count). The van der Waals surface area contributed by atoms with Gasteiger partial charge in [-0.15, -0.1) is 0 Å². The number of aromatic nitrogens is 1. The fourth-order valence-electron chi connectivity index (χ4n) is 4.91. The second-order valence-electron chi connectivity index (χ2n) is 8.72. The summed E-state index contributed by atoms with van der Waals surface area (Å²) in [7, 11) is -3.73. The Balaban J connectivity index is 1.54. The van der Waals surface area contributed by atoms with Crippen molar-refractivity contribution in [1.29, 1.82) is 0 Å². The van der Waals surface area contributed by atoms with Gasteiger partial charge in [-0.05, 0) is 74.7 Å². The molecule has 1 saturated carbocycles.